The van der Waals surface area contributed by atoms with E-state index in [1.807, 2.05) is 0 Å². The van der Waals surface area contributed by atoms with Crippen LogP contribution in [0.1, 0.15) is 13.8 Å². The predicted molar refractivity (Wildman–Crippen MR) is 58.3 cm³/mol. The van der Waals surface area contributed by atoms with Gasteiger partial charge in [0.15, 0.2) is 11.7 Å². The predicted octanol–water partition coefficient (Wildman–Crippen LogP) is 0.935. The van der Waals surface area contributed by atoms with Crippen molar-refractivity contribution in [3.8, 4) is 0 Å². The highest BCUT2D eigenvalue weighted by molar-refractivity contribution is 7.59. The van der Waals surface area contributed by atoms with E-state index in [0.29, 0.717) is 0 Å². The van der Waals surface area contributed by atoms with Crippen LogP contribution in [0.4, 0.5) is 0 Å². The summed E-state index contributed by atoms with van der Waals surface area (Å²) in [5.41, 5.74) is 0. The topological polar surface area (TPSA) is 62.2 Å². The van der Waals surface area contributed by atoms with Gasteiger partial charge in [-0.3, -0.25) is 14.2 Å². The minimum Gasteiger partial charge on any atom is -0.341 e. The molecule has 0 aliphatic rings. The molecule has 0 saturated carbocycles. The maximum Gasteiger partial charge on any atom is 0.259 e. The van der Waals surface area contributed by atoms with Crippen LogP contribution in [0.3, 0.4) is 0 Å². The molecule has 2 atom stereocenters. The molecule has 0 aliphatic carbocycles. The van der Waals surface area contributed by atoms with Gasteiger partial charge in [-0.1, -0.05) is 0 Å². The van der Waals surface area contributed by atoms with Crippen molar-refractivity contribution in [1.29, 1.82) is 0 Å². The fourth-order valence-electron chi connectivity index (χ4n) is 1.04. The number of hydrogen-bond acceptors (Lipinski definition) is 5. The zero-order valence-electron chi connectivity index (χ0n) is 10.2. The normalized spacial score (nSPS) is 20.3. The van der Waals surface area contributed by atoms with Gasteiger partial charge in [0.25, 0.3) is 7.37 Å². The van der Waals surface area contributed by atoms with Crippen molar-refractivity contribution in [2.45, 2.75) is 25.5 Å². The Morgan fingerprint density at radius 3 is 1.47 bits per heavy atom. The third-order valence-corrected chi connectivity index (χ3v) is 4.04. The molecule has 0 aliphatic heterocycles. The first-order chi connectivity index (χ1) is 6.67. The van der Waals surface area contributed by atoms with Crippen molar-refractivity contribution >= 4 is 7.37 Å². The Kier molecular flexibility index (Phi) is 5.95. The third-order valence-electron chi connectivity index (χ3n) is 1.77. The Morgan fingerprint density at radius 2 is 1.27 bits per heavy atom. The molecule has 0 fully saturated rings. The lowest BCUT2D eigenvalue weighted by Crippen LogP contribution is -2.28. The summed E-state index contributed by atoms with van der Waals surface area (Å²) in [7, 11) is 3.13. The standard InChI is InChI=1S/C8H21N2O4P/c1-7(13-9(3)4)15(11,12)8(2)14-10(5)6/h7-8H,1-6H3,(H,11,12). The van der Waals surface area contributed by atoms with Crippen LogP contribution in [0.2, 0.25) is 0 Å². The van der Waals surface area contributed by atoms with Gasteiger partial charge in [-0.25, -0.2) is 0 Å². The van der Waals surface area contributed by atoms with Crippen LogP contribution in [-0.2, 0) is 14.2 Å². The molecule has 0 amide bonds. The van der Waals surface area contributed by atoms with Crippen molar-refractivity contribution < 1.29 is 19.1 Å². The molecular weight excluding hydrogens is 219 g/mol. The van der Waals surface area contributed by atoms with Crippen molar-refractivity contribution in [1.82, 2.24) is 10.1 Å². The molecule has 0 rings (SSSR count). The van der Waals surface area contributed by atoms with E-state index in [1.54, 1.807) is 42.0 Å². The minimum absolute atomic E-state index is 0.789. The highest BCUT2D eigenvalue weighted by Crippen LogP contribution is 2.51. The van der Waals surface area contributed by atoms with Gasteiger partial charge in [0.05, 0.1) is 0 Å². The van der Waals surface area contributed by atoms with Gasteiger partial charge in [0.1, 0.15) is 0 Å². The molecule has 0 bridgehead atoms. The summed E-state index contributed by atoms with van der Waals surface area (Å²) in [5, 5.41) is 2.80. The summed E-state index contributed by atoms with van der Waals surface area (Å²) in [4.78, 5) is 20.1. The van der Waals surface area contributed by atoms with E-state index >= 15 is 0 Å². The van der Waals surface area contributed by atoms with Gasteiger partial charge in [0.2, 0.25) is 0 Å². The van der Waals surface area contributed by atoms with Crippen molar-refractivity contribution in [2.75, 3.05) is 28.2 Å². The molecule has 0 aromatic heterocycles. The Labute approximate surface area is 91.1 Å². The first-order valence-electron chi connectivity index (χ1n) is 4.68. The molecule has 0 radical (unpaired) electrons. The second-order valence-electron chi connectivity index (χ2n) is 3.71. The Bertz CT molecular complexity index is 215. The van der Waals surface area contributed by atoms with Gasteiger partial charge < -0.3 is 4.89 Å². The molecule has 0 aromatic carbocycles. The third kappa shape index (κ3) is 5.06. The average molecular weight is 240 g/mol. The number of hydrogen-bond donors (Lipinski definition) is 1. The second kappa shape index (κ2) is 5.94. The van der Waals surface area contributed by atoms with E-state index < -0.39 is 19.1 Å². The molecule has 2 unspecified atom stereocenters. The molecule has 0 heterocycles. The lowest BCUT2D eigenvalue weighted by Gasteiger charge is -2.28. The monoisotopic (exact) mass is 240 g/mol. The molecule has 7 heteroatoms. The van der Waals surface area contributed by atoms with Crippen molar-refractivity contribution in [3.63, 3.8) is 0 Å². The molecular formula is C8H21N2O4P. The number of nitrogens with zero attached hydrogens (tertiary/aromatic N) is 2. The molecule has 0 aromatic rings. The van der Waals surface area contributed by atoms with Crippen LogP contribution in [0.5, 0.6) is 0 Å². The molecule has 0 saturated heterocycles. The number of rotatable bonds is 6. The highest BCUT2D eigenvalue weighted by atomic mass is 31.2. The molecule has 1 N–H and O–H groups in total. The number of hydroxylamine groups is 4. The summed E-state index contributed by atoms with van der Waals surface area (Å²) >= 11 is 0. The highest BCUT2D eigenvalue weighted by Gasteiger charge is 2.37. The maximum absolute atomic E-state index is 11.9. The SMILES string of the molecule is CC(ON(C)C)P(=O)(O)C(C)ON(C)C. The zero-order valence-corrected chi connectivity index (χ0v) is 11.1. The van der Waals surface area contributed by atoms with E-state index in [-0.39, 0.29) is 0 Å². The summed E-state index contributed by atoms with van der Waals surface area (Å²) < 4.78 is 11.9. The summed E-state index contributed by atoms with van der Waals surface area (Å²) in [6, 6.07) is 0. The maximum atomic E-state index is 11.9. The lowest BCUT2D eigenvalue weighted by molar-refractivity contribution is -0.150. The molecule has 0 spiro atoms. The van der Waals surface area contributed by atoms with Crippen LogP contribution < -0.4 is 0 Å². The zero-order chi connectivity index (χ0) is 12.2. The quantitative estimate of drug-likeness (QED) is 0.550. The van der Waals surface area contributed by atoms with E-state index in [9.17, 15) is 9.46 Å². The van der Waals surface area contributed by atoms with Gasteiger partial charge in [0, 0.05) is 28.2 Å². The fraction of sp³-hybridized carbons (Fsp3) is 1.00. The first-order valence-corrected chi connectivity index (χ1v) is 6.48. The fourth-order valence-corrected chi connectivity index (χ4v) is 2.28. The molecule has 6 nitrogen and oxygen atoms in total. The summed E-state index contributed by atoms with van der Waals surface area (Å²) in [6.45, 7) is 3.10. The van der Waals surface area contributed by atoms with Crippen LogP contribution in [0.25, 0.3) is 0 Å². The van der Waals surface area contributed by atoms with Crippen molar-refractivity contribution in [3.05, 3.63) is 0 Å². The first kappa shape index (κ1) is 15.0. The largest absolute Gasteiger partial charge is 0.341 e. The Morgan fingerprint density at radius 1 is 1.00 bits per heavy atom. The Balaban J connectivity index is 4.44. The van der Waals surface area contributed by atoms with Gasteiger partial charge in [-0.15, -0.1) is 0 Å². The lowest BCUT2D eigenvalue weighted by atomic mass is 10.8. The van der Waals surface area contributed by atoms with Crippen LogP contribution in [0, 0.1) is 0 Å². The molecule has 92 valence electrons. The van der Waals surface area contributed by atoms with Gasteiger partial charge in [-0.2, -0.15) is 10.1 Å². The van der Waals surface area contributed by atoms with Crippen LogP contribution in [-0.4, -0.2) is 54.9 Å². The van der Waals surface area contributed by atoms with Crippen molar-refractivity contribution in [2.24, 2.45) is 0 Å². The average Bonchev–Trinajstić information content (AvgIpc) is 2.01. The van der Waals surface area contributed by atoms with Crippen LogP contribution in [0.15, 0.2) is 0 Å². The minimum atomic E-state index is -3.51. The molecule has 15 heavy (non-hydrogen) atoms. The Hall–Kier alpha value is 0.0300. The second-order valence-corrected chi connectivity index (χ2v) is 6.51. The van der Waals surface area contributed by atoms with E-state index in [4.69, 9.17) is 9.68 Å². The van der Waals surface area contributed by atoms with E-state index in [2.05, 4.69) is 0 Å². The van der Waals surface area contributed by atoms with E-state index in [1.165, 1.54) is 10.1 Å². The van der Waals surface area contributed by atoms with Crippen LogP contribution >= 0.6 is 7.37 Å². The van der Waals surface area contributed by atoms with Gasteiger partial charge in [-0.05, 0) is 13.8 Å². The van der Waals surface area contributed by atoms with Gasteiger partial charge >= 0.3 is 0 Å². The summed E-state index contributed by atoms with van der Waals surface area (Å²) in [5.74, 6) is -1.58. The summed E-state index contributed by atoms with van der Waals surface area (Å²) in [6.07, 6.45) is 0. The smallest absolute Gasteiger partial charge is 0.259 e. The van der Waals surface area contributed by atoms with E-state index in [0.717, 1.165) is 0 Å².